The van der Waals surface area contributed by atoms with Crippen molar-refractivity contribution in [2.24, 2.45) is 5.92 Å². The monoisotopic (exact) mass is 355 g/mol. The molecule has 1 aromatic carbocycles. The second kappa shape index (κ2) is 5.58. The Morgan fingerprint density at radius 2 is 2.11 bits per heavy atom. The Balaban J connectivity index is 2.08. The molecule has 0 spiro atoms. The first-order chi connectivity index (χ1) is 8.77. The predicted molar refractivity (Wildman–Crippen MR) is 74.2 cm³/mol. The van der Waals surface area contributed by atoms with E-state index in [1.165, 1.54) is 15.3 Å². The van der Waals surface area contributed by atoms with Crippen molar-refractivity contribution in [1.82, 2.24) is 4.90 Å². The molecule has 1 heterocycles. The molecular weight excluding hydrogens is 342 g/mol. The van der Waals surface area contributed by atoms with Crippen LogP contribution in [0.15, 0.2) is 16.6 Å². The van der Waals surface area contributed by atoms with Gasteiger partial charge in [0, 0.05) is 29.0 Å². The predicted octanol–water partition coefficient (Wildman–Crippen LogP) is 3.45. The van der Waals surface area contributed by atoms with Gasteiger partial charge in [-0.1, -0.05) is 25.2 Å². The summed E-state index contributed by atoms with van der Waals surface area (Å²) in [7, 11) is 3.38. The largest absolute Gasteiger partial charge is 0.490 e. The molecule has 1 aromatic rings. The van der Waals surface area contributed by atoms with Gasteiger partial charge >= 0.3 is 0 Å². The van der Waals surface area contributed by atoms with Crippen LogP contribution in [0.5, 0.6) is 5.75 Å². The van der Waals surface area contributed by atoms with Crippen molar-refractivity contribution >= 4 is 25.2 Å². The van der Waals surface area contributed by atoms with Crippen LogP contribution >= 0.6 is 25.2 Å². The van der Waals surface area contributed by atoms with E-state index in [2.05, 4.69) is 20.8 Å². The van der Waals surface area contributed by atoms with Crippen LogP contribution < -0.4 is 4.74 Å². The Morgan fingerprint density at radius 3 is 2.63 bits per heavy atom. The minimum Gasteiger partial charge on any atom is -0.490 e. The van der Waals surface area contributed by atoms with Crippen molar-refractivity contribution in [3.8, 4) is 5.75 Å². The van der Waals surface area contributed by atoms with E-state index in [0.29, 0.717) is 12.5 Å². The molecule has 1 atom stereocenters. The van der Waals surface area contributed by atoms with Crippen LogP contribution in [-0.4, -0.2) is 31.6 Å². The van der Waals surface area contributed by atoms with Crippen molar-refractivity contribution < 1.29 is 17.9 Å². The van der Waals surface area contributed by atoms with Gasteiger partial charge in [-0.15, -0.1) is 0 Å². The average Bonchev–Trinajstić information content (AvgIpc) is 2.25. The fourth-order valence-corrected chi connectivity index (χ4v) is 3.07. The third kappa shape index (κ3) is 3.61. The Labute approximate surface area is 120 Å². The number of hydrogen-bond acceptors (Lipinski definition) is 2. The van der Waals surface area contributed by atoms with Gasteiger partial charge in [-0.25, -0.2) is 4.39 Å². The lowest BCUT2D eigenvalue weighted by atomic mass is 10.0. The molecule has 19 heavy (non-hydrogen) atoms. The van der Waals surface area contributed by atoms with Gasteiger partial charge in [0.15, 0.2) is 11.6 Å². The molecule has 0 aliphatic carbocycles. The van der Waals surface area contributed by atoms with E-state index in [-0.39, 0.29) is 10.2 Å². The smallest absolute Gasteiger partial charge is 0.285 e. The molecule has 0 N–H and O–H groups in total. The lowest BCUT2D eigenvalue weighted by Gasteiger charge is -2.35. The normalized spacial score (nSPS) is 17.4. The highest BCUT2D eigenvalue weighted by molar-refractivity contribution is 9.10. The van der Waals surface area contributed by atoms with Crippen molar-refractivity contribution in [3.63, 3.8) is 0 Å². The summed E-state index contributed by atoms with van der Waals surface area (Å²) in [6.07, 6.45) is 0. The lowest BCUT2D eigenvalue weighted by molar-refractivity contribution is 0.0835. The second-order valence-electron chi connectivity index (χ2n) is 4.78. The van der Waals surface area contributed by atoms with Gasteiger partial charge in [-0.3, -0.25) is 0 Å². The van der Waals surface area contributed by atoms with Gasteiger partial charge in [0.2, 0.25) is 0 Å². The molecule has 7 heteroatoms. The van der Waals surface area contributed by atoms with Crippen LogP contribution in [0.25, 0.3) is 0 Å². The average molecular weight is 356 g/mol. The number of nitrogens with zero attached hydrogens (tertiary/aromatic N) is 1. The first-order valence-electron chi connectivity index (χ1n) is 5.75. The van der Waals surface area contributed by atoms with E-state index in [9.17, 15) is 13.2 Å². The standard InChI is InChI=1S/C12H14BrF3NOP/c1-17-4-7(5-17)6-18-11-3-9(13)8(2-10(11)14)12(15,16)19/h2-3,7H,4-6,19H2,1H3. The van der Waals surface area contributed by atoms with Crippen molar-refractivity contribution in [2.45, 2.75) is 5.66 Å². The maximum absolute atomic E-state index is 13.7. The SMILES string of the molecule is CN1CC(COc2cc(Br)c(C(F)(F)P)cc2F)C1. The molecule has 2 rings (SSSR count). The quantitative estimate of drug-likeness (QED) is 0.767. The number of benzene rings is 1. The highest BCUT2D eigenvalue weighted by Gasteiger charge is 2.29. The number of likely N-dealkylation sites (tertiary alicyclic amines) is 1. The van der Waals surface area contributed by atoms with E-state index in [4.69, 9.17) is 4.74 Å². The first-order valence-corrected chi connectivity index (χ1v) is 7.12. The molecule has 0 bridgehead atoms. The van der Waals surface area contributed by atoms with Crippen molar-refractivity contribution in [2.75, 3.05) is 26.7 Å². The zero-order valence-corrected chi connectivity index (χ0v) is 13.0. The zero-order valence-electron chi connectivity index (χ0n) is 10.3. The van der Waals surface area contributed by atoms with Gasteiger partial charge < -0.3 is 9.64 Å². The first kappa shape index (κ1) is 15.1. The van der Waals surface area contributed by atoms with Crippen LogP contribution in [0.1, 0.15) is 5.56 Å². The van der Waals surface area contributed by atoms with Gasteiger partial charge in [-0.05, 0) is 19.2 Å². The Hall–Kier alpha value is -0.320. The number of ether oxygens (including phenoxy) is 1. The van der Waals surface area contributed by atoms with Crippen molar-refractivity contribution in [1.29, 1.82) is 0 Å². The topological polar surface area (TPSA) is 12.5 Å². The number of hydrogen-bond donors (Lipinski definition) is 0. The number of halogens is 4. The van der Waals surface area contributed by atoms with Crippen LogP contribution in [0, 0.1) is 11.7 Å². The molecule has 106 valence electrons. The summed E-state index contributed by atoms with van der Waals surface area (Å²) in [5.41, 5.74) is -3.58. The molecule has 1 fully saturated rings. The van der Waals surface area contributed by atoms with Crippen LogP contribution in [0.4, 0.5) is 13.2 Å². The third-order valence-corrected chi connectivity index (χ3v) is 3.96. The molecular formula is C12H14BrF3NOP. The summed E-state index contributed by atoms with van der Waals surface area (Å²) in [6.45, 7) is 2.21. The molecule has 1 aliphatic rings. The minimum atomic E-state index is -3.17. The van der Waals surface area contributed by atoms with Crippen LogP contribution in [0.2, 0.25) is 0 Å². The molecule has 0 saturated carbocycles. The summed E-state index contributed by atoms with van der Waals surface area (Å²) in [4.78, 5) is 2.12. The molecule has 2 nitrogen and oxygen atoms in total. The van der Waals surface area contributed by atoms with Gasteiger partial charge in [0.1, 0.15) is 0 Å². The highest BCUT2D eigenvalue weighted by atomic mass is 79.9. The Kier molecular flexibility index (Phi) is 4.43. The van der Waals surface area contributed by atoms with E-state index >= 15 is 0 Å². The molecule has 1 saturated heterocycles. The maximum atomic E-state index is 13.7. The van der Waals surface area contributed by atoms with Gasteiger partial charge in [0.05, 0.1) is 6.61 Å². The Bertz CT molecular complexity index is 475. The van der Waals surface area contributed by atoms with Crippen LogP contribution in [0.3, 0.4) is 0 Å². The summed E-state index contributed by atoms with van der Waals surface area (Å²) in [6, 6.07) is 2.06. The summed E-state index contributed by atoms with van der Waals surface area (Å²) < 4.78 is 45.5. The van der Waals surface area contributed by atoms with Crippen LogP contribution in [-0.2, 0) is 5.66 Å². The highest BCUT2D eigenvalue weighted by Crippen LogP contribution is 2.41. The summed E-state index contributed by atoms with van der Waals surface area (Å²) in [5, 5.41) is 0. The lowest BCUT2D eigenvalue weighted by Crippen LogP contribution is -2.46. The molecule has 0 amide bonds. The van der Waals surface area contributed by atoms with E-state index in [0.717, 1.165) is 19.2 Å². The van der Waals surface area contributed by atoms with E-state index in [1.54, 1.807) is 0 Å². The fourth-order valence-electron chi connectivity index (χ4n) is 2.04. The minimum absolute atomic E-state index is 0.000530. The molecule has 0 radical (unpaired) electrons. The van der Waals surface area contributed by atoms with E-state index in [1.807, 2.05) is 7.05 Å². The molecule has 0 aromatic heterocycles. The van der Waals surface area contributed by atoms with Gasteiger partial charge in [0.25, 0.3) is 5.66 Å². The van der Waals surface area contributed by atoms with Crippen molar-refractivity contribution in [3.05, 3.63) is 28.0 Å². The summed E-state index contributed by atoms with van der Waals surface area (Å²) >= 11 is 3.02. The number of alkyl halides is 2. The molecule has 1 aliphatic heterocycles. The molecule has 1 unspecified atom stereocenters. The maximum Gasteiger partial charge on any atom is 0.285 e. The fraction of sp³-hybridized carbons (Fsp3) is 0.500. The number of rotatable bonds is 4. The second-order valence-corrected chi connectivity index (χ2v) is 6.36. The van der Waals surface area contributed by atoms with E-state index < -0.39 is 17.0 Å². The summed E-state index contributed by atoms with van der Waals surface area (Å²) in [5.74, 6) is -0.404. The third-order valence-electron chi connectivity index (χ3n) is 2.99. The van der Waals surface area contributed by atoms with Gasteiger partial charge in [-0.2, -0.15) is 8.78 Å². The Morgan fingerprint density at radius 1 is 1.47 bits per heavy atom. The zero-order chi connectivity index (χ0) is 14.2.